The molecule has 0 saturated heterocycles. The van der Waals surface area contributed by atoms with Gasteiger partial charge in [-0.25, -0.2) is 13.2 Å². The summed E-state index contributed by atoms with van der Waals surface area (Å²) in [6.45, 7) is 0.347. The maximum Gasteiger partial charge on any atom is 0.338 e. The monoisotopic (exact) mass is 479 g/mol. The predicted molar refractivity (Wildman–Crippen MR) is 121 cm³/mol. The average molecular weight is 480 g/mol. The molecular weight excluding hydrogens is 458 g/mol. The van der Waals surface area contributed by atoms with E-state index >= 15 is 0 Å². The van der Waals surface area contributed by atoms with Gasteiger partial charge in [0.2, 0.25) is 16.8 Å². The number of carbonyl (C=O) groups excluding carboxylic acids is 2. The Labute approximate surface area is 196 Å². The third kappa shape index (κ3) is 4.27. The number of hydrogen-bond acceptors (Lipinski definition) is 7. The van der Waals surface area contributed by atoms with Crippen LogP contribution in [-0.2, 0) is 27.7 Å². The molecule has 0 radical (unpaired) electrons. The van der Waals surface area contributed by atoms with Crippen LogP contribution in [0, 0.1) is 0 Å². The number of benzene rings is 3. The minimum absolute atomic E-state index is 0.0960. The van der Waals surface area contributed by atoms with Crippen LogP contribution in [0.2, 0.25) is 0 Å². The summed E-state index contributed by atoms with van der Waals surface area (Å²) in [5.41, 5.74) is 2.63. The van der Waals surface area contributed by atoms with Crippen LogP contribution >= 0.6 is 0 Å². The lowest BCUT2D eigenvalue weighted by Gasteiger charge is -2.28. The van der Waals surface area contributed by atoms with Gasteiger partial charge < -0.3 is 14.2 Å². The molecule has 0 bridgehead atoms. The molecule has 0 fully saturated rings. The van der Waals surface area contributed by atoms with Crippen molar-refractivity contribution < 1.29 is 32.2 Å². The van der Waals surface area contributed by atoms with Gasteiger partial charge in [-0.1, -0.05) is 24.3 Å². The van der Waals surface area contributed by atoms with Crippen molar-refractivity contribution in [2.24, 2.45) is 0 Å². The maximum absolute atomic E-state index is 13.1. The summed E-state index contributed by atoms with van der Waals surface area (Å²) in [7, 11) is -3.71. The molecular formula is C25H21NO7S. The molecule has 8 nitrogen and oxygen atoms in total. The van der Waals surface area contributed by atoms with Crippen LogP contribution in [-0.4, -0.2) is 44.4 Å². The van der Waals surface area contributed by atoms with Crippen molar-refractivity contribution >= 4 is 21.8 Å². The average Bonchev–Trinajstić information content (AvgIpc) is 3.35. The molecule has 34 heavy (non-hydrogen) atoms. The summed E-state index contributed by atoms with van der Waals surface area (Å²) < 4.78 is 43.2. The molecule has 0 saturated carbocycles. The zero-order chi connectivity index (χ0) is 23.7. The second-order valence-electron chi connectivity index (χ2n) is 7.95. The number of esters is 1. The van der Waals surface area contributed by atoms with E-state index in [0.717, 1.165) is 11.1 Å². The predicted octanol–water partition coefficient (Wildman–Crippen LogP) is 3.20. The fourth-order valence-electron chi connectivity index (χ4n) is 3.95. The van der Waals surface area contributed by atoms with Crippen LogP contribution in [0.3, 0.4) is 0 Å². The highest BCUT2D eigenvalue weighted by Crippen LogP contribution is 2.32. The standard InChI is InChI=1S/C25H21NO7S/c27-22(19-7-10-23-24(13-19)33-16-32-23)15-31-25(28)18-5-8-21(9-6-18)34(29,30)26-12-11-17-3-1-2-4-20(17)14-26/h1-10,13H,11-12,14-16H2. The normalized spacial score (nSPS) is 14.9. The summed E-state index contributed by atoms with van der Waals surface area (Å²) in [4.78, 5) is 24.9. The Bertz CT molecular complexity index is 1370. The van der Waals surface area contributed by atoms with E-state index in [1.54, 1.807) is 12.1 Å². The number of sulfonamides is 1. The van der Waals surface area contributed by atoms with Gasteiger partial charge in [0.05, 0.1) is 10.5 Å². The Morgan fingerprint density at radius 2 is 1.59 bits per heavy atom. The number of carbonyl (C=O) groups is 2. The SMILES string of the molecule is O=C(COC(=O)c1ccc(S(=O)(=O)N2CCc3ccccc3C2)cc1)c1ccc2c(c1)OCO2. The Kier molecular flexibility index (Phi) is 5.80. The van der Waals surface area contributed by atoms with Crippen molar-refractivity contribution in [1.29, 1.82) is 0 Å². The van der Waals surface area contributed by atoms with Crippen molar-refractivity contribution in [3.63, 3.8) is 0 Å². The Hall–Kier alpha value is -3.69. The minimum Gasteiger partial charge on any atom is -0.454 e. The number of Topliss-reactive ketones (excluding diaryl/α,β-unsaturated/α-hetero) is 1. The van der Waals surface area contributed by atoms with E-state index in [1.165, 1.54) is 34.6 Å². The van der Waals surface area contributed by atoms with Gasteiger partial charge in [0.25, 0.3) is 0 Å². The van der Waals surface area contributed by atoms with Gasteiger partial charge in [-0.15, -0.1) is 0 Å². The smallest absolute Gasteiger partial charge is 0.338 e. The Morgan fingerprint density at radius 3 is 2.38 bits per heavy atom. The van der Waals surface area contributed by atoms with Gasteiger partial charge in [-0.05, 0) is 60.0 Å². The summed E-state index contributed by atoms with van der Waals surface area (Å²) in [6.07, 6.45) is 0.650. The van der Waals surface area contributed by atoms with Crippen LogP contribution in [0.15, 0.2) is 71.6 Å². The molecule has 0 spiro atoms. The molecule has 0 N–H and O–H groups in total. The third-order valence-electron chi connectivity index (χ3n) is 5.85. The van der Waals surface area contributed by atoms with Gasteiger partial charge in [-0.2, -0.15) is 4.31 Å². The summed E-state index contributed by atoms with van der Waals surface area (Å²) >= 11 is 0. The highest BCUT2D eigenvalue weighted by Gasteiger charge is 2.28. The van der Waals surface area contributed by atoms with Crippen molar-refractivity contribution in [3.05, 3.63) is 89.0 Å². The van der Waals surface area contributed by atoms with E-state index in [9.17, 15) is 18.0 Å². The summed E-state index contributed by atoms with van der Waals surface area (Å²) in [5, 5.41) is 0. The van der Waals surface area contributed by atoms with Crippen molar-refractivity contribution in [2.45, 2.75) is 17.9 Å². The fourth-order valence-corrected chi connectivity index (χ4v) is 5.37. The number of nitrogens with zero attached hydrogens (tertiary/aromatic N) is 1. The lowest BCUT2D eigenvalue weighted by Crippen LogP contribution is -2.35. The first-order valence-corrected chi connectivity index (χ1v) is 12.1. The zero-order valence-corrected chi connectivity index (χ0v) is 18.9. The van der Waals surface area contributed by atoms with Crippen LogP contribution in [0.4, 0.5) is 0 Å². The van der Waals surface area contributed by atoms with E-state index < -0.39 is 28.4 Å². The molecule has 9 heteroatoms. The second-order valence-corrected chi connectivity index (χ2v) is 9.89. The van der Waals surface area contributed by atoms with Crippen LogP contribution in [0.1, 0.15) is 31.8 Å². The lowest BCUT2D eigenvalue weighted by atomic mass is 10.0. The van der Waals surface area contributed by atoms with E-state index in [0.29, 0.717) is 36.6 Å². The van der Waals surface area contributed by atoms with Crippen LogP contribution < -0.4 is 9.47 Å². The molecule has 5 rings (SSSR count). The molecule has 3 aromatic rings. The number of hydrogen-bond donors (Lipinski definition) is 0. The molecule has 174 valence electrons. The molecule has 0 unspecified atom stereocenters. The fraction of sp³-hybridized carbons (Fsp3) is 0.200. The third-order valence-corrected chi connectivity index (χ3v) is 7.71. The Morgan fingerprint density at radius 1 is 0.882 bits per heavy atom. The largest absolute Gasteiger partial charge is 0.454 e. The quantitative estimate of drug-likeness (QED) is 0.395. The topological polar surface area (TPSA) is 99.2 Å². The van der Waals surface area contributed by atoms with Crippen molar-refractivity contribution in [2.75, 3.05) is 19.9 Å². The van der Waals surface area contributed by atoms with Crippen molar-refractivity contribution in [1.82, 2.24) is 4.31 Å². The molecule has 2 heterocycles. The number of ether oxygens (including phenoxy) is 3. The highest BCUT2D eigenvalue weighted by atomic mass is 32.2. The molecule has 0 aromatic heterocycles. The second kappa shape index (κ2) is 8.92. The molecule has 3 aromatic carbocycles. The van der Waals surface area contributed by atoms with E-state index in [1.807, 2.05) is 24.3 Å². The van der Waals surface area contributed by atoms with E-state index in [4.69, 9.17) is 14.2 Å². The minimum atomic E-state index is -3.71. The van der Waals surface area contributed by atoms with Gasteiger partial charge >= 0.3 is 5.97 Å². The molecule has 0 atom stereocenters. The highest BCUT2D eigenvalue weighted by molar-refractivity contribution is 7.89. The first-order valence-electron chi connectivity index (χ1n) is 10.7. The molecule has 2 aliphatic rings. The summed E-state index contributed by atoms with van der Waals surface area (Å²) in [5.74, 6) is -0.0929. The summed E-state index contributed by atoms with van der Waals surface area (Å²) in [6, 6.07) is 18.1. The number of ketones is 1. The van der Waals surface area contributed by atoms with Crippen LogP contribution in [0.25, 0.3) is 0 Å². The number of rotatable bonds is 6. The van der Waals surface area contributed by atoms with E-state index in [-0.39, 0.29) is 17.3 Å². The first-order chi connectivity index (χ1) is 16.4. The van der Waals surface area contributed by atoms with Gasteiger partial charge in [-0.3, -0.25) is 4.79 Å². The van der Waals surface area contributed by atoms with E-state index in [2.05, 4.69) is 0 Å². The molecule has 2 aliphatic heterocycles. The lowest BCUT2D eigenvalue weighted by molar-refractivity contribution is 0.0474. The van der Waals surface area contributed by atoms with Gasteiger partial charge in [0.15, 0.2) is 23.9 Å². The maximum atomic E-state index is 13.1. The van der Waals surface area contributed by atoms with Crippen molar-refractivity contribution in [3.8, 4) is 11.5 Å². The van der Waals surface area contributed by atoms with Crippen LogP contribution in [0.5, 0.6) is 11.5 Å². The zero-order valence-electron chi connectivity index (χ0n) is 18.1. The number of fused-ring (bicyclic) bond motifs is 2. The van der Waals surface area contributed by atoms with Gasteiger partial charge in [0.1, 0.15) is 0 Å². The van der Waals surface area contributed by atoms with Gasteiger partial charge in [0, 0.05) is 18.7 Å². The molecule has 0 aliphatic carbocycles. The Balaban J connectivity index is 1.22. The first kappa shape index (κ1) is 22.1. The molecule has 0 amide bonds.